The average molecular weight is 233 g/mol. The SMILES string of the molecule is COc1ccc(OC)c2c1CCC(C#N)C2O. The van der Waals surface area contributed by atoms with Gasteiger partial charge in [0, 0.05) is 11.1 Å². The van der Waals surface area contributed by atoms with Gasteiger partial charge in [0.05, 0.1) is 32.3 Å². The van der Waals surface area contributed by atoms with Crippen molar-refractivity contribution in [2.75, 3.05) is 14.2 Å². The van der Waals surface area contributed by atoms with Gasteiger partial charge in [-0.3, -0.25) is 0 Å². The topological polar surface area (TPSA) is 62.5 Å². The van der Waals surface area contributed by atoms with Crippen LogP contribution in [-0.2, 0) is 6.42 Å². The minimum Gasteiger partial charge on any atom is -0.496 e. The molecule has 0 aromatic heterocycles. The Bertz CT molecular complexity index is 464. The number of nitrogens with zero attached hydrogens (tertiary/aromatic N) is 1. The minimum absolute atomic E-state index is 0.372. The molecule has 4 heteroatoms. The fourth-order valence-corrected chi connectivity index (χ4v) is 2.37. The van der Waals surface area contributed by atoms with Gasteiger partial charge in [-0.05, 0) is 25.0 Å². The van der Waals surface area contributed by atoms with Gasteiger partial charge in [-0.1, -0.05) is 0 Å². The van der Waals surface area contributed by atoms with E-state index in [0.29, 0.717) is 17.7 Å². The Morgan fingerprint density at radius 2 is 1.94 bits per heavy atom. The number of hydrogen-bond donors (Lipinski definition) is 1. The van der Waals surface area contributed by atoms with E-state index in [4.69, 9.17) is 14.7 Å². The monoisotopic (exact) mass is 233 g/mol. The molecule has 0 bridgehead atoms. The molecule has 0 fully saturated rings. The number of rotatable bonds is 2. The zero-order chi connectivity index (χ0) is 12.4. The standard InChI is InChI=1S/C13H15NO3/c1-16-10-5-6-11(17-2)12-9(10)4-3-8(7-14)13(12)15/h5-6,8,13,15H,3-4H2,1-2H3. The van der Waals surface area contributed by atoms with E-state index in [2.05, 4.69) is 6.07 Å². The Balaban J connectivity index is 2.57. The lowest BCUT2D eigenvalue weighted by Crippen LogP contribution is -2.20. The quantitative estimate of drug-likeness (QED) is 0.846. The van der Waals surface area contributed by atoms with E-state index in [0.717, 1.165) is 17.7 Å². The molecule has 0 radical (unpaired) electrons. The molecule has 0 aliphatic heterocycles. The van der Waals surface area contributed by atoms with Crippen molar-refractivity contribution >= 4 is 0 Å². The molecule has 1 N–H and O–H groups in total. The van der Waals surface area contributed by atoms with Crippen LogP contribution in [0.2, 0.25) is 0 Å². The average Bonchev–Trinajstić information content (AvgIpc) is 2.38. The van der Waals surface area contributed by atoms with Gasteiger partial charge in [0.25, 0.3) is 0 Å². The first kappa shape index (κ1) is 11.7. The van der Waals surface area contributed by atoms with Crippen LogP contribution in [0.1, 0.15) is 23.7 Å². The van der Waals surface area contributed by atoms with E-state index in [1.807, 2.05) is 6.07 Å². The first-order valence-corrected chi connectivity index (χ1v) is 5.54. The lowest BCUT2D eigenvalue weighted by Gasteiger charge is -2.28. The van der Waals surface area contributed by atoms with Crippen LogP contribution in [0, 0.1) is 17.2 Å². The maximum absolute atomic E-state index is 10.2. The third-order valence-corrected chi connectivity index (χ3v) is 3.26. The summed E-state index contributed by atoms with van der Waals surface area (Å²) >= 11 is 0. The Kier molecular flexibility index (Phi) is 3.21. The van der Waals surface area contributed by atoms with Gasteiger partial charge in [0.15, 0.2) is 0 Å². The van der Waals surface area contributed by atoms with Gasteiger partial charge >= 0.3 is 0 Å². The zero-order valence-electron chi connectivity index (χ0n) is 9.93. The molecule has 4 nitrogen and oxygen atoms in total. The highest BCUT2D eigenvalue weighted by Gasteiger charge is 2.32. The van der Waals surface area contributed by atoms with Crippen LogP contribution < -0.4 is 9.47 Å². The summed E-state index contributed by atoms with van der Waals surface area (Å²) in [6.45, 7) is 0. The van der Waals surface area contributed by atoms with Crippen LogP contribution in [0.15, 0.2) is 12.1 Å². The fourth-order valence-electron chi connectivity index (χ4n) is 2.37. The second-order valence-corrected chi connectivity index (χ2v) is 4.08. The van der Waals surface area contributed by atoms with Crippen LogP contribution >= 0.6 is 0 Å². The van der Waals surface area contributed by atoms with Crippen molar-refractivity contribution < 1.29 is 14.6 Å². The maximum atomic E-state index is 10.2. The number of ether oxygens (including phenoxy) is 2. The molecule has 1 aromatic rings. The van der Waals surface area contributed by atoms with Crippen LogP contribution in [-0.4, -0.2) is 19.3 Å². The molecule has 2 rings (SSSR count). The number of hydrogen-bond acceptors (Lipinski definition) is 4. The number of benzene rings is 1. The second kappa shape index (κ2) is 4.64. The first-order valence-electron chi connectivity index (χ1n) is 5.54. The highest BCUT2D eigenvalue weighted by molar-refractivity contribution is 5.51. The van der Waals surface area contributed by atoms with Crippen LogP contribution in [0.5, 0.6) is 11.5 Å². The molecule has 90 valence electrons. The third-order valence-electron chi connectivity index (χ3n) is 3.26. The van der Waals surface area contributed by atoms with Crippen LogP contribution in [0.4, 0.5) is 0 Å². The van der Waals surface area contributed by atoms with Crippen molar-refractivity contribution in [3.63, 3.8) is 0 Å². The van der Waals surface area contributed by atoms with E-state index < -0.39 is 6.10 Å². The lowest BCUT2D eigenvalue weighted by atomic mass is 9.81. The van der Waals surface area contributed by atoms with Gasteiger partial charge in [0.2, 0.25) is 0 Å². The summed E-state index contributed by atoms with van der Waals surface area (Å²) in [4.78, 5) is 0. The molecular weight excluding hydrogens is 218 g/mol. The van der Waals surface area contributed by atoms with Crippen molar-refractivity contribution in [3.8, 4) is 17.6 Å². The third kappa shape index (κ3) is 1.83. The van der Waals surface area contributed by atoms with Gasteiger partial charge in [-0.15, -0.1) is 0 Å². The fraction of sp³-hybridized carbons (Fsp3) is 0.462. The molecule has 0 spiro atoms. The predicted molar refractivity (Wildman–Crippen MR) is 61.9 cm³/mol. The highest BCUT2D eigenvalue weighted by atomic mass is 16.5. The van der Waals surface area contributed by atoms with E-state index in [9.17, 15) is 5.11 Å². The zero-order valence-corrected chi connectivity index (χ0v) is 9.93. The van der Waals surface area contributed by atoms with E-state index in [-0.39, 0.29) is 5.92 Å². The van der Waals surface area contributed by atoms with Gasteiger partial charge in [0.1, 0.15) is 11.5 Å². The van der Waals surface area contributed by atoms with Crippen molar-refractivity contribution in [2.24, 2.45) is 5.92 Å². The molecule has 0 saturated heterocycles. The van der Waals surface area contributed by atoms with Gasteiger partial charge < -0.3 is 14.6 Å². The smallest absolute Gasteiger partial charge is 0.125 e. The molecule has 0 saturated carbocycles. The molecule has 1 aromatic carbocycles. The number of nitriles is 1. The lowest BCUT2D eigenvalue weighted by molar-refractivity contribution is 0.117. The number of methoxy groups -OCH3 is 2. The number of aliphatic hydroxyl groups is 1. The van der Waals surface area contributed by atoms with Crippen molar-refractivity contribution in [1.82, 2.24) is 0 Å². The second-order valence-electron chi connectivity index (χ2n) is 4.08. The number of aliphatic hydroxyl groups excluding tert-OH is 1. The Morgan fingerprint density at radius 3 is 2.53 bits per heavy atom. The largest absolute Gasteiger partial charge is 0.496 e. The summed E-state index contributed by atoms with van der Waals surface area (Å²) in [5.74, 6) is 0.994. The van der Waals surface area contributed by atoms with Crippen LogP contribution in [0.25, 0.3) is 0 Å². The molecule has 0 amide bonds. The van der Waals surface area contributed by atoms with E-state index >= 15 is 0 Å². The van der Waals surface area contributed by atoms with E-state index in [1.54, 1.807) is 20.3 Å². The highest BCUT2D eigenvalue weighted by Crippen LogP contribution is 2.43. The Hall–Kier alpha value is -1.73. The van der Waals surface area contributed by atoms with Crippen LogP contribution in [0.3, 0.4) is 0 Å². The van der Waals surface area contributed by atoms with E-state index in [1.165, 1.54) is 0 Å². The minimum atomic E-state index is -0.797. The number of fused-ring (bicyclic) bond motifs is 1. The van der Waals surface area contributed by atoms with Crippen molar-refractivity contribution in [2.45, 2.75) is 18.9 Å². The van der Waals surface area contributed by atoms with Crippen molar-refractivity contribution in [1.29, 1.82) is 5.26 Å². The molecule has 2 unspecified atom stereocenters. The molecule has 1 aliphatic carbocycles. The predicted octanol–water partition coefficient (Wildman–Crippen LogP) is 1.82. The summed E-state index contributed by atoms with van der Waals surface area (Å²) in [5, 5.41) is 19.2. The maximum Gasteiger partial charge on any atom is 0.125 e. The summed E-state index contributed by atoms with van der Waals surface area (Å²) < 4.78 is 10.5. The summed E-state index contributed by atoms with van der Waals surface area (Å²) in [5.41, 5.74) is 1.65. The molecule has 2 atom stereocenters. The normalized spacial score (nSPS) is 22.5. The Morgan fingerprint density at radius 1 is 1.29 bits per heavy atom. The Labute approximate surface area is 100 Å². The summed E-state index contributed by atoms with van der Waals surface area (Å²) in [6, 6.07) is 5.73. The summed E-state index contributed by atoms with van der Waals surface area (Å²) in [6.07, 6.45) is 0.577. The van der Waals surface area contributed by atoms with Gasteiger partial charge in [-0.25, -0.2) is 0 Å². The first-order chi connectivity index (χ1) is 8.22. The molecular formula is C13H15NO3. The molecule has 17 heavy (non-hydrogen) atoms. The molecule has 1 aliphatic rings. The van der Waals surface area contributed by atoms with Gasteiger partial charge in [-0.2, -0.15) is 5.26 Å². The summed E-state index contributed by atoms with van der Waals surface area (Å²) in [7, 11) is 3.16. The molecule has 0 heterocycles. The van der Waals surface area contributed by atoms with Crippen molar-refractivity contribution in [3.05, 3.63) is 23.3 Å².